The predicted molar refractivity (Wildman–Crippen MR) is 88.6 cm³/mol. The zero-order valence-corrected chi connectivity index (χ0v) is 13.6. The Morgan fingerprint density at radius 2 is 1.92 bits per heavy atom. The first-order valence-corrected chi connectivity index (χ1v) is 7.71. The molecule has 1 aromatic carbocycles. The summed E-state index contributed by atoms with van der Waals surface area (Å²) in [6.07, 6.45) is 3.31. The van der Waals surface area contributed by atoms with Gasteiger partial charge in [0.25, 0.3) is 5.91 Å². The van der Waals surface area contributed by atoms with Crippen LogP contribution in [0.4, 0.5) is 4.39 Å². The number of nitrogens with one attached hydrogen (secondary N) is 2. The summed E-state index contributed by atoms with van der Waals surface area (Å²) in [6.45, 7) is 3.94. The minimum atomic E-state index is -0.756. The summed E-state index contributed by atoms with van der Waals surface area (Å²) >= 11 is 0. The Bertz CT molecular complexity index is 704. The summed E-state index contributed by atoms with van der Waals surface area (Å²) < 4.78 is 13.7. The number of halogens is 1. The number of hydrogen-bond acceptors (Lipinski definition) is 3. The molecule has 5 nitrogen and oxygen atoms in total. The number of benzene rings is 1. The Kier molecular flexibility index (Phi) is 6.01. The van der Waals surface area contributed by atoms with Crippen molar-refractivity contribution in [1.29, 1.82) is 0 Å². The van der Waals surface area contributed by atoms with Crippen molar-refractivity contribution in [3.63, 3.8) is 0 Å². The fraction of sp³-hybridized carbons (Fsp3) is 0.278. The number of amides is 2. The predicted octanol–water partition coefficient (Wildman–Crippen LogP) is 2.29. The molecule has 2 amide bonds. The van der Waals surface area contributed by atoms with Crippen LogP contribution in [0.2, 0.25) is 0 Å². The molecule has 2 aromatic rings. The van der Waals surface area contributed by atoms with Gasteiger partial charge in [-0.25, -0.2) is 4.39 Å². The number of carbonyl (C=O) groups is 2. The van der Waals surface area contributed by atoms with E-state index >= 15 is 0 Å². The Morgan fingerprint density at radius 1 is 1.17 bits per heavy atom. The highest BCUT2D eigenvalue weighted by Gasteiger charge is 2.25. The lowest BCUT2D eigenvalue weighted by atomic mass is 10.0. The van der Waals surface area contributed by atoms with Crippen molar-refractivity contribution < 1.29 is 14.0 Å². The van der Waals surface area contributed by atoms with E-state index in [9.17, 15) is 14.0 Å². The number of pyridine rings is 1. The highest BCUT2D eigenvalue weighted by Crippen LogP contribution is 2.09. The zero-order valence-electron chi connectivity index (χ0n) is 13.6. The van der Waals surface area contributed by atoms with Gasteiger partial charge in [0, 0.05) is 18.9 Å². The average molecular weight is 329 g/mol. The van der Waals surface area contributed by atoms with Crippen LogP contribution in [-0.2, 0) is 11.3 Å². The van der Waals surface area contributed by atoms with Gasteiger partial charge in [-0.2, -0.15) is 0 Å². The van der Waals surface area contributed by atoms with E-state index in [0.29, 0.717) is 6.54 Å². The summed E-state index contributed by atoms with van der Waals surface area (Å²) in [5.74, 6) is -1.69. The number of hydrogen-bond donors (Lipinski definition) is 2. The Balaban J connectivity index is 2.02. The molecule has 0 aliphatic carbocycles. The molecule has 1 atom stereocenters. The van der Waals surface area contributed by atoms with E-state index in [1.54, 1.807) is 24.5 Å². The van der Waals surface area contributed by atoms with E-state index in [1.165, 1.54) is 18.2 Å². The first-order chi connectivity index (χ1) is 11.5. The van der Waals surface area contributed by atoms with Crippen LogP contribution in [0.15, 0.2) is 48.8 Å². The molecular formula is C18H20FN3O2. The van der Waals surface area contributed by atoms with E-state index in [1.807, 2.05) is 19.9 Å². The van der Waals surface area contributed by atoms with Crippen LogP contribution in [0.1, 0.15) is 29.8 Å². The molecule has 0 bridgehead atoms. The molecule has 0 unspecified atom stereocenters. The minimum absolute atomic E-state index is 0.0804. The van der Waals surface area contributed by atoms with Crippen molar-refractivity contribution in [3.05, 3.63) is 65.7 Å². The van der Waals surface area contributed by atoms with Crippen LogP contribution in [-0.4, -0.2) is 22.8 Å². The van der Waals surface area contributed by atoms with Crippen molar-refractivity contribution in [3.8, 4) is 0 Å². The lowest BCUT2D eigenvalue weighted by molar-refractivity contribution is -0.124. The number of carbonyl (C=O) groups excluding carboxylic acids is 2. The molecule has 0 aliphatic heterocycles. The van der Waals surface area contributed by atoms with Gasteiger partial charge in [0.05, 0.1) is 5.56 Å². The van der Waals surface area contributed by atoms with Crippen LogP contribution in [0, 0.1) is 11.7 Å². The molecule has 1 heterocycles. The molecule has 0 spiro atoms. The van der Waals surface area contributed by atoms with Gasteiger partial charge in [0.2, 0.25) is 5.91 Å². The Labute approximate surface area is 140 Å². The normalized spacial score (nSPS) is 11.8. The van der Waals surface area contributed by atoms with Crippen molar-refractivity contribution in [2.75, 3.05) is 0 Å². The summed E-state index contributed by atoms with van der Waals surface area (Å²) in [6, 6.07) is 8.54. The van der Waals surface area contributed by atoms with E-state index in [-0.39, 0.29) is 17.4 Å². The highest BCUT2D eigenvalue weighted by molar-refractivity contribution is 5.97. The van der Waals surface area contributed by atoms with Crippen molar-refractivity contribution in [2.45, 2.75) is 26.4 Å². The van der Waals surface area contributed by atoms with Crippen LogP contribution in [0.3, 0.4) is 0 Å². The van der Waals surface area contributed by atoms with Gasteiger partial charge < -0.3 is 10.6 Å². The van der Waals surface area contributed by atoms with Gasteiger partial charge in [-0.05, 0) is 29.7 Å². The van der Waals surface area contributed by atoms with Crippen LogP contribution < -0.4 is 10.6 Å². The topological polar surface area (TPSA) is 71.1 Å². The third-order valence-corrected chi connectivity index (χ3v) is 3.54. The summed E-state index contributed by atoms with van der Waals surface area (Å²) in [4.78, 5) is 28.6. The highest BCUT2D eigenvalue weighted by atomic mass is 19.1. The molecule has 126 valence electrons. The third-order valence-electron chi connectivity index (χ3n) is 3.54. The summed E-state index contributed by atoms with van der Waals surface area (Å²) in [5.41, 5.74) is 0.775. The third kappa shape index (κ3) is 4.62. The van der Waals surface area contributed by atoms with Crippen molar-refractivity contribution in [1.82, 2.24) is 15.6 Å². The molecule has 0 saturated carbocycles. The first kappa shape index (κ1) is 17.6. The molecule has 6 heteroatoms. The maximum Gasteiger partial charge on any atom is 0.254 e. The van der Waals surface area contributed by atoms with Gasteiger partial charge in [0.15, 0.2) is 0 Å². The smallest absolute Gasteiger partial charge is 0.254 e. The van der Waals surface area contributed by atoms with E-state index in [4.69, 9.17) is 0 Å². The number of rotatable bonds is 6. The molecule has 2 rings (SSSR count). The van der Waals surface area contributed by atoms with Crippen LogP contribution in [0.5, 0.6) is 0 Å². The second-order valence-corrected chi connectivity index (χ2v) is 5.75. The second-order valence-electron chi connectivity index (χ2n) is 5.75. The second kappa shape index (κ2) is 8.19. The van der Waals surface area contributed by atoms with Gasteiger partial charge in [-0.1, -0.05) is 32.0 Å². The number of nitrogens with zero attached hydrogens (tertiary/aromatic N) is 1. The zero-order chi connectivity index (χ0) is 17.5. The molecule has 0 saturated heterocycles. The van der Waals surface area contributed by atoms with E-state index in [0.717, 1.165) is 5.56 Å². The maximum atomic E-state index is 13.7. The van der Waals surface area contributed by atoms with Crippen molar-refractivity contribution >= 4 is 11.8 Å². The molecule has 1 aromatic heterocycles. The fourth-order valence-corrected chi connectivity index (χ4v) is 2.20. The van der Waals surface area contributed by atoms with Crippen LogP contribution >= 0.6 is 0 Å². The van der Waals surface area contributed by atoms with E-state index in [2.05, 4.69) is 15.6 Å². The molecule has 0 fully saturated rings. The lowest BCUT2D eigenvalue weighted by Crippen LogP contribution is -2.49. The molecule has 0 aliphatic rings. The summed E-state index contributed by atoms with van der Waals surface area (Å²) in [5, 5.41) is 5.37. The standard InChI is InChI=1S/C18H20FN3O2/c1-12(2)16(18(24)21-11-13-6-5-9-20-10-13)22-17(23)14-7-3-4-8-15(14)19/h3-10,12,16H,11H2,1-2H3,(H,21,24)(H,22,23)/t16-/m1/s1. The molecule has 0 radical (unpaired) electrons. The first-order valence-electron chi connectivity index (χ1n) is 7.71. The average Bonchev–Trinajstić information content (AvgIpc) is 2.58. The quantitative estimate of drug-likeness (QED) is 0.854. The largest absolute Gasteiger partial charge is 0.350 e. The molecular weight excluding hydrogens is 309 g/mol. The number of aromatic nitrogens is 1. The molecule has 24 heavy (non-hydrogen) atoms. The van der Waals surface area contributed by atoms with Crippen molar-refractivity contribution in [2.24, 2.45) is 5.92 Å². The van der Waals surface area contributed by atoms with Gasteiger partial charge >= 0.3 is 0 Å². The van der Waals surface area contributed by atoms with E-state index < -0.39 is 17.8 Å². The monoisotopic (exact) mass is 329 g/mol. The van der Waals surface area contributed by atoms with Gasteiger partial charge in [-0.3, -0.25) is 14.6 Å². The van der Waals surface area contributed by atoms with Gasteiger partial charge in [-0.15, -0.1) is 0 Å². The Hall–Kier alpha value is -2.76. The summed E-state index contributed by atoms with van der Waals surface area (Å²) in [7, 11) is 0. The lowest BCUT2D eigenvalue weighted by Gasteiger charge is -2.22. The Morgan fingerprint density at radius 3 is 2.54 bits per heavy atom. The SMILES string of the molecule is CC(C)[C@@H](NC(=O)c1ccccc1F)C(=O)NCc1cccnc1. The minimum Gasteiger partial charge on any atom is -0.350 e. The molecule has 2 N–H and O–H groups in total. The van der Waals surface area contributed by atoms with Gasteiger partial charge in [0.1, 0.15) is 11.9 Å². The maximum absolute atomic E-state index is 13.7. The fourth-order valence-electron chi connectivity index (χ4n) is 2.20. The van der Waals surface area contributed by atoms with Crippen LogP contribution in [0.25, 0.3) is 0 Å².